The average molecular weight is 408 g/mol. The molecule has 1 atom stereocenters. The fourth-order valence-electron chi connectivity index (χ4n) is 4.03. The molecule has 1 aliphatic rings. The molecule has 1 unspecified atom stereocenters. The number of likely N-dealkylation sites (N-methyl/N-ethyl adjacent to an activating group) is 1. The van der Waals surface area contributed by atoms with Gasteiger partial charge in [-0.25, -0.2) is 0 Å². The summed E-state index contributed by atoms with van der Waals surface area (Å²) in [6.07, 6.45) is 0. The number of hydrogen-bond acceptors (Lipinski definition) is 9. The third kappa shape index (κ3) is 2.52. The highest BCUT2D eigenvalue weighted by Gasteiger charge is 2.93. The van der Waals surface area contributed by atoms with Crippen molar-refractivity contribution in [3.63, 3.8) is 0 Å². The standard InChI is InChI=1S/C17H26ClNO8/c1-9(2)14(20,21)12(19(3)4)13(10-5-7-11(18)8-6-10)15(22,23)17(26,27)16(13,24)25/h5-9,12,20-27H,1-4H3. The Balaban J connectivity index is 2.93. The van der Waals surface area contributed by atoms with Crippen LogP contribution in [0.15, 0.2) is 24.3 Å². The number of nitrogens with zero attached hydrogens (tertiary/aromatic N) is 1. The Morgan fingerprint density at radius 3 is 1.59 bits per heavy atom. The lowest BCUT2D eigenvalue weighted by Crippen LogP contribution is -2.98. The van der Waals surface area contributed by atoms with Crippen molar-refractivity contribution in [2.45, 2.75) is 48.5 Å². The third-order valence-electron chi connectivity index (χ3n) is 5.55. The SMILES string of the molecule is CC(C)C(O)(O)C(N(C)C)C1(c2ccc(Cl)cc2)C(O)(O)C(O)(O)C1(O)O. The van der Waals surface area contributed by atoms with Crippen LogP contribution in [0, 0.1) is 5.92 Å². The number of aliphatic hydroxyl groups is 8. The van der Waals surface area contributed by atoms with Gasteiger partial charge in [-0.1, -0.05) is 37.6 Å². The summed E-state index contributed by atoms with van der Waals surface area (Å²) >= 11 is 5.85. The number of rotatable bonds is 5. The fraction of sp³-hybridized carbons (Fsp3) is 0.647. The maximum atomic E-state index is 10.8. The van der Waals surface area contributed by atoms with E-state index >= 15 is 0 Å². The molecule has 0 aromatic heterocycles. The van der Waals surface area contributed by atoms with Crippen molar-refractivity contribution in [3.8, 4) is 0 Å². The predicted octanol–water partition coefficient (Wildman–Crippen LogP) is -2.10. The second-order valence-corrected chi connectivity index (χ2v) is 8.07. The molecule has 0 aliphatic heterocycles. The number of benzene rings is 1. The molecule has 0 radical (unpaired) electrons. The first-order valence-corrected chi connectivity index (χ1v) is 8.60. The molecule has 0 bridgehead atoms. The van der Waals surface area contributed by atoms with Gasteiger partial charge in [0.25, 0.3) is 5.79 Å². The van der Waals surface area contributed by atoms with E-state index in [4.69, 9.17) is 11.6 Å². The molecule has 1 aromatic carbocycles. The summed E-state index contributed by atoms with van der Waals surface area (Å²) in [6.45, 7) is 2.84. The molecule has 9 nitrogen and oxygen atoms in total. The molecule has 8 N–H and O–H groups in total. The third-order valence-corrected chi connectivity index (χ3v) is 5.80. The molecule has 10 heteroatoms. The van der Waals surface area contributed by atoms with E-state index in [1.165, 1.54) is 52.2 Å². The first kappa shape index (κ1) is 22.4. The Hall–Kier alpha value is -0.850. The molecule has 2 rings (SSSR count). The van der Waals surface area contributed by atoms with Crippen LogP contribution in [0.4, 0.5) is 0 Å². The summed E-state index contributed by atoms with van der Waals surface area (Å²) in [5.74, 6) is -14.6. The highest BCUT2D eigenvalue weighted by atomic mass is 35.5. The zero-order chi connectivity index (χ0) is 21.2. The van der Waals surface area contributed by atoms with Gasteiger partial charge in [0.1, 0.15) is 5.41 Å². The van der Waals surface area contributed by atoms with Crippen molar-refractivity contribution in [2.24, 2.45) is 5.92 Å². The van der Waals surface area contributed by atoms with Crippen LogP contribution >= 0.6 is 11.6 Å². The molecule has 154 valence electrons. The van der Waals surface area contributed by atoms with Crippen LogP contribution in [0.1, 0.15) is 19.4 Å². The van der Waals surface area contributed by atoms with Gasteiger partial charge in [0.05, 0.1) is 6.04 Å². The van der Waals surface area contributed by atoms with Gasteiger partial charge >= 0.3 is 0 Å². The topological polar surface area (TPSA) is 165 Å². The Morgan fingerprint density at radius 1 is 0.852 bits per heavy atom. The van der Waals surface area contributed by atoms with E-state index in [9.17, 15) is 40.9 Å². The summed E-state index contributed by atoms with van der Waals surface area (Å²) in [6, 6.07) is 3.19. The quantitative estimate of drug-likeness (QED) is 0.255. The first-order valence-electron chi connectivity index (χ1n) is 8.22. The van der Waals surface area contributed by atoms with Crippen molar-refractivity contribution in [1.29, 1.82) is 0 Å². The van der Waals surface area contributed by atoms with E-state index in [1.54, 1.807) is 0 Å². The van der Waals surface area contributed by atoms with E-state index in [2.05, 4.69) is 0 Å². The minimum absolute atomic E-state index is 0.215. The summed E-state index contributed by atoms with van der Waals surface area (Å²) < 4.78 is 0. The molecule has 1 aromatic rings. The summed E-state index contributed by atoms with van der Waals surface area (Å²) in [5.41, 5.74) is -2.99. The van der Waals surface area contributed by atoms with Crippen LogP contribution in [-0.2, 0) is 5.41 Å². The zero-order valence-electron chi connectivity index (χ0n) is 15.4. The summed E-state index contributed by atoms with van der Waals surface area (Å²) in [5, 5.41) is 84.3. The first-order chi connectivity index (χ1) is 12.0. The molecule has 0 spiro atoms. The second kappa shape index (κ2) is 6.33. The van der Waals surface area contributed by atoms with E-state index < -0.39 is 40.5 Å². The van der Waals surface area contributed by atoms with Crippen molar-refractivity contribution in [3.05, 3.63) is 34.9 Å². The molecule has 27 heavy (non-hydrogen) atoms. The van der Waals surface area contributed by atoms with E-state index in [0.29, 0.717) is 0 Å². The van der Waals surface area contributed by atoms with Gasteiger partial charge in [-0.15, -0.1) is 0 Å². The Labute approximate surface area is 161 Å². The normalized spacial score (nSPS) is 24.0. The maximum absolute atomic E-state index is 10.8. The molecule has 1 saturated carbocycles. The van der Waals surface area contributed by atoms with Crippen LogP contribution in [0.3, 0.4) is 0 Å². The minimum atomic E-state index is -3.79. The van der Waals surface area contributed by atoms with Crippen LogP contribution in [0.2, 0.25) is 5.02 Å². The number of halogens is 1. The number of hydrogen-bond donors (Lipinski definition) is 8. The van der Waals surface area contributed by atoms with Crippen molar-refractivity contribution in [1.82, 2.24) is 4.90 Å². The van der Waals surface area contributed by atoms with E-state index in [0.717, 1.165) is 4.90 Å². The lowest BCUT2D eigenvalue weighted by molar-refractivity contribution is -0.580. The largest absolute Gasteiger partial charge is 0.364 e. The summed E-state index contributed by atoms with van der Waals surface area (Å²) in [7, 11) is 2.68. The van der Waals surface area contributed by atoms with Crippen molar-refractivity contribution < 1.29 is 40.9 Å². The second-order valence-electron chi connectivity index (χ2n) is 7.64. The van der Waals surface area contributed by atoms with E-state index in [-0.39, 0.29) is 10.6 Å². The lowest BCUT2D eigenvalue weighted by Gasteiger charge is -2.71. The van der Waals surface area contributed by atoms with Gasteiger partial charge in [-0.3, -0.25) is 0 Å². The van der Waals surface area contributed by atoms with Gasteiger partial charge in [-0.05, 0) is 31.8 Å². The zero-order valence-corrected chi connectivity index (χ0v) is 16.1. The highest BCUT2D eigenvalue weighted by molar-refractivity contribution is 6.30. The molecule has 0 saturated heterocycles. The Bertz CT molecular complexity index is 681. The molecular formula is C17H26ClNO8. The summed E-state index contributed by atoms with van der Waals surface area (Å²) in [4.78, 5) is 1.13. The van der Waals surface area contributed by atoms with Crippen LogP contribution in [-0.4, -0.2) is 89.0 Å². The monoisotopic (exact) mass is 407 g/mol. The Kier molecular flexibility index (Phi) is 5.26. The molecule has 1 aliphatic carbocycles. The molecule has 0 heterocycles. The molecule has 1 fully saturated rings. The fourth-order valence-corrected chi connectivity index (χ4v) is 4.16. The molecule has 0 amide bonds. The maximum Gasteiger partial charge on any atom is 0.276 e. The highest BCUT2D eigenvalue weighted by Crippen LogP contribution is 2.65. The predicted molar refractivity (Wildman–Crippen MR) is 94.1 cm³/mol. The minimum Gasteiger partial charge on any atom is -0.364 e. The van der Waals surface area contributed by atoms with Gasteiger partial charge in [0.15, 0.2) is 5.79 Å². The van der Waals surface area contributed by atoms with E-state index in [1.807, 2.05) is 0 Å². The van der Waals surface area contributed by atoms with Crippen LogP contribution in [0.25, 0.3) is 0 Å². The van der Waals surface area contributed by atoms with Gasteiger partial charge in [0, 0.05) is 10.9 Å². The Morgan fingerprint density at radius 2 is 1.26 bits per heavy atom. The average Bonchev–Trinajstić information content (AvgIpc) is 2.51. The van der Waals surface area contributed by atoms with Crippen molar-refractivity contribution >= 4 is 11.6 Å². The van der Waals surface area contributed by atoms with Crippen molar-refractivity contribution in [2.75, 3.05) is 14.1 Å². The lowest BCUT2D eigenvalue weighted by atomic mass is 9.45. The van der Waals surface area contributed by atoms with Crippen LogP contribution in [0.5, 0.6) is 0 Å². The van der Waals surface area contributed by atoms with Gasteiger partial charge in [0.2, 0.25) is 11.6 Å². The van der Waals surface area contributed by atoms with Gasteiger partial charge in [-0.2, -0.15) is 0 Å². The van der Waals surface area contributed by atoms with Crippen LogP contribution < -0.4 is 0 Å². The molecular weight excluding hydrogens is 382 g/mol. The smallest absolute Gasteiger partial charge is 0.276 e. The van der Waals surface area contributed by atoms with Gasteiger partial charge < -0.3 is 45.8 Å².